The first-order valence-electron chi connectivity index (χ1n) is 6.66. The Bertz CT molecular complexity index is 610. The van der Waals surface area contributed by atoms with Crippen molar-refractivity contribution in [3.05, 3.63) is 64.5 Å². The highest BCUT2D eigenvalue weighted by atomic mass is 19.1. The van der Waals surface area contributed by atoms with Gasteiger partial charge in [0.1, 0.15) is 11.6 Å². The predicted molar refractivity (Wildman–Crippen MR) is 79.5 cm³/mol. The minimum absolute atomic E-state index is 0.255. The molecular weight excluding hydrogens is 253 g/mol. The number of halogens is 1. The van der Waals surface area contributed by atoms with E-state index in [1.54, 1.807) is 13.2 Å². The first kappa shape index (κ1) is 14.5. The zero-order valence-corrected chi connectivity index (χ0v) is 12.1. The van der Waals surface area contributed by atoms with Crippen molar-refractivity contribution in [3.63, 3.8) is 0 Å². The Balaban J connectivity index is 2.29. The van der Waals surface area contributed by atoms with Gasteiger partial charge in [-0.2, -0.15) is 0 Å². The molecule has 0 bridgehead atoms. The first-order valence-corrected chi connectivity index (χ1v) is 6.66. The molecule has 0 radical (unpaired) electrons. The van der Waals surface area contributed by atoms with Crippen molar-refractivity contribution in [2.24, 2.45) is 5.73 Å². The Labute approximate surface area is 119 Å². The van der Waals surface area contributed by atoms with Crippen molar-refractivity contribution in [3.8, 4) is 5.75 Å². The van der Waals surface area contributed by atoms with Gasteiger partial charge in [0, 0.05) is 11.6 Å². The number of aryl methyl sites for hydroxylation is 2. The zero-order chi connectivity index (χ0) is 14.7. The van der Waals surface area contributed by atoms with E-state index in [9.17, 15) is 4.39 Å². The molecule has 0 fully saturated rings. The van der Waals surface area contributed by atoms with Gasteiger partial charge in [-0.25, -0.2) is 4.39 Å². The molecule has 2 aromatic carbocycles. The van der Waals surface area contributed by atoms with Crippen LogP contribution in [0.3, 0.4) is 0 Å². The van der Waals surface area contributed by atoms with Crippen molar-refractivity contribution >= 4 is 0 Å². The fraction of sp³-hybridized carbons (Fsp3) is 0.294. The van der Waals surface area contributed by atoms with E-state index in [2.05, 4.69) is 0 Å². The maximum atomic E-state index is 13.9. The van der Waals surface area contributed by atoms with E-state index in [1.165, 1.54) is 6.07 Å². The SMILES string of the molecule is COc1ccc(C)cc1CC(N)c1cc(C)ccc1F. The van der Waals surface area contributed by atoms with E-state index in [1.807, 2.05) is 38.1 Å². The molecular formula is C17H20FNO. The summed E-state index contributed by atoms with van der Waals surface area (Å²) in [4.78, 5) is 0. The second-order valence-corrected chi connectivity index (χ2v) is 5.15. The van der Waals surface area contributed by atoms with Crippen molar-refractivity contribution in [2.45, 2.75) is 26.3 Å². The molecule has 0 spiro atoms. The number of methoxy groups -OCH3 is 1. The van der Waals surface area contributed by atoms with Crippen LogP contribution in [0.2, 0.25) is 0 Å². The summed E-state index contributed by atoms with van der Waals surface area (Å²) in [5.74, 6) is 0.536. The molecule has 0 aliphatic rings. The van der Waals surface area contributed by atoms with E-state index in [0.29, 0.717) is 12.0 Å². The van der Waals surface area contributed by atoms with Crippen LogP contribution in [-0.4, -0.2) is 7.11 Å². The second-order valence-electron chi connectivity index (χ2n) is 5.15. The molecule has 0 heterocycles. The Hall–Kier alpha value is -1.87. The Morgan fingerprint density at radius 3 is 2.45 bits per heavy atom. The molecule has 3 heteroatoms. The van der Waals surface area contributed by atoms with Gasteiger partial charge >= 0.3 is 0 Å². The molecule has 0 saturated heterocycles. The third-order valence-corrected chi connectivity index (χ3v) is 3.43. The predicted octanol–water partition coefficient (Wildman–Crippen LogP) is 3.69. The minimum atomic E-state index is -0.384. The van der Waals surface area contributed by atoms with Crippen molar-refractivity contribution < 1.29 is 9.13 Å². The molecule has 0 aliphatic heterocycles. The number of hydrogen-bond acceptors (Lipinski definition) is 2. The smallest absolute Gasteiger partial charge is 0.128 e. The lowest BCUT2D eigenvalue weighted by Crippen LogP contribution is -2.15. The molecule has 1 atom stereocenters. The average molecular weight is 273 g/mol. The van der Waals surface area contributed by atoms with E-state index < -0.39 is 0 Å². The summed E-state index contributed by atoms with van der Waals surface area (Å²) in [6, 6.07) is 10.6. The van der Waals surface area contributed by atoms with Gasteiger partial charge in [0.25, 0.3) is 0 Å². The average Bonchev–Trinajstić information content (AvgIpc) is 2.41. The van der Waals surface area contributed by atoms with Crippen LogP contribution in [0.15, 0.2) is 36.4 Å². The summed E-state index contributed by atoms with van der Waals surface area (Å²) in [6.07, 6.45) is 0.547. The summed E-state index contributed by atoms with van der Waals surface area (Å²) < 4.78 is 19.2. The Morgan fingerprint density at radius 1 is 1.10 bits per heavy atom. The van der Waals surface area contributed by atoms with Gasteiger partial charge in [-0.3, -0.25) is 0 Å². The van der Waals surface area contributed by atoms with E-state index in [0.717, 1.165) is 22.4 Å². The maximum absolute atomic E-state index is 13.9. The number of benzene rings is 2. The van der Waals surface area contributed by atoms with Crippen LogP contribution in [-0.2, 0) is 6.42 Å². The molecule has 2 N–H and O–H groups in total. The fourth-order valence-electron chi connectivity index (χ4n) is 2.36. The lowest BCUT2D eigenvalue weighted by atomic mass is 9.96. The highest BCUT2D eigenvalue weighted by molar-refractivity contribution is 5.38. The number of nitrogens with two attached hydrogens (primary N) is 1. The monoisotopic (exact) mass is 273 g/mol. The summed E-state index contributed by atoms with van der Waals surface area (Å²) in [5, 5.41) is 0. The summed E-state index contributed by atoms with van der Waals surface area (Å²) in [7, 11) is 1.63. The fourth-order valence-corrected chi connectivity index (χ4v) is 2.36. The summed E-state index contributed by atoms with van der Waals surface area (Å²) >= 11 is 0. The van der Waals surface area contributed by atoms with E-state index >= 15 is 0 Å². The Kier molecular flexibility index (Phi) is 4.40. The molecule has 20 heavy (non-hydrogen) atoms. The van der Waals surface area contributed by atoms with Gasteiger partial charge in [-0.05, 0) is 38.0 Å². The molecule has 0 saturated carbocycles. The van der Waals surface area contributed by atoms with Gasteiger partial charge in [0.05, 0.1) is 7.11 Å². The normalized spacial score (nSPS) is 12.2. The van der Waals surface area contributed by atoms with Gasteiger partial charge in [-0.15, -0.1) is 0 Å². The summed E-state index contributed by atoms with van der Waals surface area (Å²) in [6.45, 7) is 3.95. The summed E-state index contributed by atoms with van der Waals surface area (Å²) in [5.41, 5.74) is 9.87. The van der Waals surface area contributed by atoms with Crippen LogP contribution in [0.25, 0.3) is 0 Å². The topological polar surface area (TPSA) is 35.2 Å². The van der Waals surface area contributed by atoms with Crippen LogP contribution < -0.4 is 10.5 Å². The van der Waals surface area contributed by atoms with Gasteiger partial charge < -0.3 is 10.5 Å². The Morgan fingerprint density at radius 2 is 1.75 bits per heavy atom. The molecule has 0 aliphatic carbocycles. The number of rotatable bonds is 4. The number of hydrogen-bond donors (Lipinski definition) is 1. The molecule has 0 aromatic heterocycles. The molecule has 2 nitrogen and oxygen atoms in total. The highest BCUT2D eigenvalue weighted by Gasteiger charge is 2.14. The third-order valence-electron chi connectivity index (χ3n) is 3.43. The molecule has 1 unspecified atom stereocenters. The quantitative estimate of drug-likeness (QED) is 0.922. The third kappa shape index (κ3) is 3.17. The van der Waals surface area contributed by atoms with Crippen LogP contribution >= 0.6 is 0 Å². The molecule has 0 amide bonds. The molecule has 2 rings (SSSR count). The standard InChI is InChI=1S/C17H20FNO/c1-11-5-7-17(20-3)13(8-11)10-16(19)14-9-12(2)4-6-15(14)18/h4-9,16H,10,19H2,1-3H3. The lowest BCUT2D eigenvalue weighted by molar-refractivity contribution is 0.407. The van der Waals surface area contributed by atoms with Gasteiger partial charge in [0.2, 0.25) is 0 Å². The van der Waals surface area contributed by atoms with Crippen LogP contribution in [0.1, 0.15) is 28.3 Å². The van der Waals surface area contributed by atoms with Crippen LogP contribution in [0.5, 0.6) is 5.75 Å². The first-order chi connectivity index (χ1) is 9.51. The van der Waals surface area contributed by atoms with Crippen LogP contribution in [0.4, 0.5) is 4.39 Å². The number of ether oxygens (including phenoxy) is 1. The largest absolute Gasteiger partial charge is 0.496 e. The van der Waals surface area contributed by atoms with Gasteiger partial charge in [-0.1, -0.05) is 35.4 Å². The van der Waals surface area contributed by atoms with Crippen LogP contribution in [0, 0.1) is 19.7 Å². The second kappa shape index (κ2) is 6.06. The van der Waals surface area contributed by atoms with Crippen molar-refractivity contribution in [1.29, 1.82) is 0 Å². The van der Waals surface area contributed by atoms with E-state index in [4.69, 9.17) is 10.5 Å². The van der Waals surface area contributed by atoms with E-state index in [-0.39, 0.29) is 11.9 Å². The minimum Gasteiger partial charge on any atom is -0.496 e. The maximum Gasteiger partial charge on any atom is 0.128 e. The highest BCUT2D eigenvalue weighted by Crippen LogP contribution is 2.26. The molecule has 106 valence electrons. The lowest BCUT2D eigenvalue weighted by Gasteiger charge is -2.16. The molecule has 2 aromatic rings. The van der Waals surface area contributed by atoms with Crippen molar-refractivity contribution in [2.75, 3.05) is 7.11 Å². The zero-order valence-electron chi connectivity index (χ0n) is 12.1. The van der Waals surface area contributed by atoms with Gasteiger partial charge in [0.15, 0.2) is 0 Å². The van der Waals surface area contributed by atoms with Crippen molar-refractivity contribution in [1.82, 2.24) is 0 Å².